The van der Waals surface area contributed by atoms with Crippen LogP contribution < -0.4 is 3.71 Å². The Balaban J connectivity index is 0.000000218. The summed E-state index contributed by atoms with van der Waals surface area (Å²) >= 11 is 0.597. The number of pyridine rings is 1. The molecule has 1 aromatic heterocycles. The molecule has 0 unspecified atom stereocenters. The van der Waals surface area contributed by atoms with Crippen molar-refractivity contribution in [1.82, 2.24) is 9.88 Å². The molecule has 3 heteroatoms. The summed E-state index contributed by atoms with van der Waals surface area (Å²) < 4.78 is 1.28. The molecular formula is C8H16N2Sn. The van der Waals surface area contributed by atoms with Gasteiger partial charge >= 0.3 is 55.6 Å². The van der Waals surface area contributed by atoms with Crippen molar-refractivity contribution in [2.75, 3.05) is 21.1 Å². The van der Waals surface area contributed by atoms with Gasteiger partial charge in [0.25, 0.3) is 0 Å². The third-order valence-corrected chi connectivity index (χ3v) is 2.50. The number of aromatic nitrogens is 1. The van der Waals surface area contributed by atoms with E-state index in [0.29, 0.717) is 22.5 Å². The molecule has 1 rings (SSSR count). The zero-order valence-electron chi connectivity index (χ0n) is 7.70. The van der Waals surface area contributed by atoms with Crippen molar-refractivity contribution in [3.8, 4) is 0 Å². The molecule has 1 heterocycles. The van der Waals surface area contributed by atoms with E-state index in [0.717, 1.165) is 0 Å². The van der Waals surface area contributed by atoms with Gasteiger partial charge in [-0.3, -0.25) is 0 Å². The predicted molar refractivity (Wildman–Crippen MR) is 53.4 cm³/mol. The van der Waals surface area contributed by atoms with Crippen LogP contribution in [0.5, 0.6) is 0 Å². The van der Waals surface area contributed by atoms with Gasteiger partial charge in [-0.15, -0.1) is 0 Å². The number of nitrogens with zero attached hydrogens (tertiary/aromatic N) is 2. The number of hydrogen-bond donors (Lipinski definition) is 0. The van der Waals surface area contributed by atoms with Crippen LogP contribution in [0.15, 0.2) is 24.4 Å². The van der Waals surface area contributed by atoms with Crippen LogP contribution in [0, 0.1) is 0 Å². The van der Waals surface area contributed by atoms with Gasteiger partial charge in [-0.2, -0.15) is 0 Å². The molecule has 0 aliphatic carbocycles. The molecule has 0 spiro atoms. The molecule has 0 aliphatic rings. The van der Waals surface area contributed by atoms with Crippen LogP contribution in [-0.4, -0.2) is 53.6 Å². The van der Waals surface area contributed by atoms with E-state index in [1.54, 1.807) is 0 Å². The molecule has 0 radical (unpaired) electrons. The number of rotatable bonds is 0. The molecule has 1 aromatic rings. The van der Waals surface area contributed by atoms with Crippen LogP contribution >= 0.6 is 0 Å². The Bertz CT molecular complexity index is 172. The first kappa shape index (κ1) is 10.9. The van der Waals surface area contributed by atoms with E-state index in [-0.39, 0.29) is 0 Å². The molecule has 62 valence electrons. The zero-order valence-corrected chi connectivity index (χ0v) is 13.4. The van der Waals surface area contributed by atoms with Crippen LogP contribution in [-0.2, 0) is 0 Å². The molecule has 11 heavy (non-hydrogen) atoms. The maximum absolute atomic E-state index is 4.07. The van der Waals surface area contributed by atoms with Gasteiger partial charge in [0.1, 0.15) is 0 Å². The van der Waals surface area contributed by atoms with E-state index in [1.165, 1.54) is 3.71 Å². The van der Waals surface area contributed by atoms with E-state index in [1.807, 2.05) is 44.4 Å². The van der Waals surface area contributed by atoms with Crippen LogP contribution in [0.25, 0.3) is 0 Å². The average Bonchev–Trinajstić information content (AvgIpc) is 1.87. The van der Waals surface area contributed by atoms with Crippen molar-refractivity contribution < 1.29 is 0 Å². The van der Waals surface area contributed by atoms with Gasteiger partial charge in [0.2, 0.25) is 0 Å². The second-order valence-corrected chi connectivity index (χ2v) is 5.74. The van der Waals surface area contributed by atoms with Crippen molar-refractivity contribution in [1.29, 1.82) is 0 Å². The number of hydrogen-bond acceptors (Lipinski definition) is 2. The Morgan fingerprint density at radius 2 is 1.82 bits per heavy atom. The van der Waals surface area contributed by atoms with Crippen molar-refractivity contribution in [2.45, 2.75) is 0 Å². The van der Waals surface area contributed by atoms with Gasteiger partial charge in [-0.05, 0) is 21.1 Å². The molecule has 0 saturated heterocycles. The second kappa shape index (κ2) is 6.61. The summed E-state index contributed by atoms with van der Waals surface area (Å²) in [5, 5.41) is 0. The molecule has 0 fully saturated rings. The molecule has 0 atom stereocenters. The maximum atomic E-state index is 4.07. The first-order valence-electron chi connectivity index (χ1n) is 3.61. The quantitative estimate of drug-likeness (QED) is 0.570. The van der Waals surface area contributed by atoms with Crippen molar-refractivity contribution in [3.05, 3.63) is 24.4 Å². The topological polar surface area (TPSA) is 16.1 Å². The molecule has 0 N–H and O–H groups in total. The fourth-order valence-corrected chi connectivity index (χ4v) is 1.42. The first-order valence-corrected chi connectivity index (χ1v) is 6.47. The third kappa shape index (κ3) is 9.91. The summed E-state index contributed by atoms with van der Waals surface area (Å²) in [5.41, 5.74) is 0. The molecular weight excluding hydrogens is 243 g/mol. The summed E-state index contributed by atoms with van der Waals surface area (Å²) in [7, 11) is 6.00. The van der Waals surface area contributed by atoms with Crippen molar-refractivity contribution in [3.63, 3.8) is 0 Å². The monoisotopic (exact) mass is 260 g/mol. The van der Waals surface area contributed by atoms with Crippen LogP contribution in [0.3, 0.4) is 0 Å². The van der Waals surface area contributed by atoms with Crippen molar-refractivity contribution in [2.24, 2.45) is 0 Å². The summed E-state index contributed by atoms with van der Waals surface area (Å²) in [5.74, 6) is 0. The first-order chi connectivity index (χ1) is 5.13. The van der Waals surface area contributed by atoms with Crippen molar-refractivity contribution >= 4 is 26.2 Å². The SMILES string of the molecule is CN(C)C.[SnH3][c]1ccccn1. The Hall–Kier alpha value is -0.0913. The summed E-state index contributed by atoms with van der Waals surface area (Å²) in [6.07, 6.45) is 1.84. The second-order valence-electron chi connectivity index (χ2n) is 2.81. The standard InChI is InChI=1S/C5H4N.C3H9N.Sn.3H/c1-2-4-6-5-3-1;1-4(2)3;;;;/h1-4H;1-3H3;;;;. The van der Waals surface area contributed by atoms with E-state index in [2.05, 4.69) is 11.1 Å². The van der Waals surface area contributed by atoms with Gasteiger partial charge in [0.05, 0.1) is 0 Å². The van der Waals surface area contributed by atoms with Crippen LogP contribution in [0.1, 0.15) is 0 Å². The molecule has 0 amide bonds. The van der Waals surface area contributed by atoms with Gasteiger partial charge in [-0.25, -0.2) is 0 Å². The predicted octanol–water partition coefficient (Wildman–Crippen LogP) is -0.750. The zero-order chi connectivity index (χ0) is 8.69. The van der Waals surface area contributed by atoms with E-state index < -0.39 is 0 Å². The molecule has 2 nitrogen and oxygen atoms in total. The summed E-state index contributed by atoms with van der Waals surface area (Å²) in [6, 6.07) is 6.04. The molecule has 0 saturated carbocycles. The summed E-state index contributed by atoms with van der Waals surface area (Å²) in [4.78, 5) is 6.07. The van der Waals surface area contributed by atoms with Gasteiger partial charge in [0.15, 0.2) is 0 Å². The van der Waals surface area contributed by atoms with Gasteiger partial charge < -0.3 is 4.90 Å². The van der Waals surface area contributed by atoms with Gasteiger partial charge in [0, 0.05) is 0 Å². The Morgan fingerprint density at radius 3 is 2.00 bits per heavy atom. The minimum atomic E-state index is 0.597. The average molecular weight is 259 g/mol. The Kier molecular flexibility index (Phi) is 6.55. The Labute approximate surface area is 81.7 Å². The van der Waals surface area contributed by atoms with Crippen LogP contribution in [0.2, 0.25) is 0 Å². The van der Waals surface area contributed by atoms with Crippen LogP contribution in [0.4, 0.5) is 0 Å². The van der Waals surface area contributed by atoms with E-state index in [4.69, 9.17) is 0 Å². The van der Waals surface area contributed by atoms with E-state index in [9.17, 15) is 0 Å². The Morgan fingerprint density at radius 1 is 1.27 bits per heavy atom. The summed E-state index contributed by atoms with van der Waals surface area (Å²) in [6.45, 7) is 0. The minimum absolute atomic E-state index is 0.597. The fourth-order valence-electron chi connectivity index (χ4n) is 0.448. The molecule has 0 aliphatic heterocycles. The van der Waals surface area contributed by atoms with Gasteiger partial charge in [-0.1, -0.05) is 0 Å². The third-order valence-electron chi connectivity index (χ3n) is 0.813. The fraction of sp³-hybridized carbons (Fsp3) is 0.375. The van der Waals surface area contributed by atoms with E-state index >= 15 is 0 Å². The molecule has 0 aromatic carbocycles. The molecule has 0 bridgehead atoms. The normalized spacial score (nSPS) is 9.09.